The lowest BCUT2D eigenvalue weighted by atomic mass is 10.1. The molecule has 1 aliphatic heterocycles. The van der Waals surface area contributed by atoms with Crippen LogP contribution in [0.4, 0.5) is 0 Å². The minimum atomic E-state index is -3.11. The number of nitrogens with zero attached hydrogens (tertiary/aromatic N) is 1. The molecule has 0 bridgehead atoms. The monoisotopic (exact) mass is 316 g/mol. The third kappa shape index (κ3) is 4.38. The number of rotatable bonds is 5. The van der Waals surface area contributed by atoms with E-state index in [4.69, 9.17) is 5.73 Å². The molecule has 1 atom stereocenters. The van der Waals surface area contributed by atoms with Crippen molar-refractivity contribution in [3.05, 3.63) is 35.4 Å². The third-order valence-electron chi connectivity index (χ3n) is 3.09. The Morgan fingerprint density at radius 3 is 2.52 bits per heavy atom. The molecule has 2 rings (SSSR count). The fourth-order valence-electron chi connectivity index (χ4n) is 1.98. The van der Waals surface area contributed by atoms with Crippen molar-refractivity contribution in [1.29, 1.82) is 0 Å². The van der Waals surface area contributed by atoms with E-state index >= 15 is 0 Å². The second-order valence-corrected chi connectivity index (χ2v) is 6.56. The molecule has 118 valence electrons. The molecule has 7 N–H and O–H groups in total. The van der Waals surface area contributed by atoms with Crippen molar-refractivity contribution >= 4 is 16.9 Å². The number of amides is 1. The normalized spacial score (nSPS) is 23.0. The standard InChI is InChI=1S/C12H20N4O4S/c13-5-11(17)14-6-9-1-3-10(4-2-9)7-16-8-12(18)15-21(16,19)20/h1-4,12,15,18-20H,5-8,13H2,(H,14,17). The molecule has 0 spiro atoms. The van der Waals surface area contributed by atoms with Gasteiger partial charge in [-0.2, -0.15) is 9.03 Å². The topological polar surface area (TPSA) is 131 Å². The van der Waals surface area contributed by atoms with E-state index in [2.05, 4.69) is 10.0 Å². The molecule has 8 nitrogen and oxygen atoms in total. The van der Waals surface area contributed by atoms with Gasteiger partial charge in [-0.15, -0.1) is 0 Å². The Hall–Kier alpha value is -1.20. The van der Waals surface area contributed by atoms with Gasteiger partial charge < -0.3 is 16.2 Å². The lowest BCUT2D eigenvalue weighted by Crippen LogP contribution is -2.29. The van der Waals surface area contributed by atoms with Gasteiger partial charge in [0.15, 0.2) is 0 Å². The summed E-state index contributed by atoms with van der Waals surface area (Å²) in [6, 6.07) is 7.37. The Kier molecular flexibility index (Phi) is 5.17. The molecule has 1 aromatic carbocycles. The molecule has 1 aliphatic rings. The van der Waals surface area contributed by atoms with Crippen molar-refractivity contribution < 1.29 is 19.0 Å². The molecule has 21 heavy (non-hydrogen) atoms. The van der Waals surface area contributed by atoms with Crippen molar-refractivity contribution in [2.24, 2.45) is 5.73 Å². The largest absolute Gasteiger partial charge is 0.376 e. The molecule has 1 aromatic rings. The van der Waals surface area contributed by atoms with Crippen LogP contribution in [-0.4, -0.2) is 43.7 Å². The van der Waals surface area contributed by atoms with Crippen LogP contribution in [0.25, 0.3) is 0 Å². The maximum atomic E-state index is 11.1. The number of aliphatic hydroxyl groups excluding tert-OH is 1. The number of β-amino-alcohol motifs (C(OH)–C–C–N with tert-alkyl or cyclic N) is 1. The summed E-state index contributed by atoms with van der Waals surface area (Å²) < 4.78 is 23.2. The minimum absolute atomic E-state index is 0.0414. The first-order valence-corrected chi connectivity index (χ1v) is 7.94. The van der Waals surface area contributed by atoms with Gasteiger partial charge in [-0.3, -0.25) is 13.9 Å². The molecule has 9 heteroatoms. The number of carbonyl (C=O) groups is 1. The number of hydrogen-bond acceptors (Lipinski definition) is 7. The molecule has 0 aromatic heterocycles. The van der Waals surface area contributed by atoms with Crippen LogP contribution >= 0.6 is 11.0 Å². The van der Waals surface area contributed by atoms with E-state index in [1.807, 2.05) is 24.3 Å². The first kappa shape index (κ1) is 16.2. The van der Waals surface area contributed by atoms with E-state index in [1.54, 1.807) is 0 Å². The highest BCUT2D eigenvalue weighted by Gasteiger charge is 2.34. The van der Waals surface area contributed by atoms with E-state index in [9.17, 15) is 19.0 Å². The predicted molar refractivity (Wildman–Crippen MR) is 79.7 cm³/mol. The summed E-state index contributed by atoms with van der Waals surface area (Å²) in [7, 11) is -3.11. The van der Waals surface area contributed by atoms with Gasteiger partial charge in [-0.1, -0.05) is 35.2 Å². The molecular formula is C12H20N4O4S. The quantitative estimate of drug-likeness (QED) is 0.434. The van der Waals surface area contributed by atoms with E-state index < -0.39 is 17.2 Å². The number of benzene rings is 1. The average molecular weight is 316 g/mol. The Bertz CT molecular complexity index is 497. The molecule has 1 unspecified atom stereocenters. The van der Waals surface area contributed by atoms with Crippen LogP contribution in [0, 0.1) is 0 Å². The third-order valence-corrected chi connectivity index (χ3v) is 4.67. The Morgan fingerprint density at radius 1 is 1.38 bits per heavy atom. The summed E-state index contributed by atoms with van der Waals surface area (Å²) in [5, 5.41) is 12.1. The summed E-state index contributed by atoms with van der Waals surface area (Å²) in [5.74, 6) is -0.217. The van der Waals surface area contributed by atoms with Gasteiger partial charge in [0.1, 0.15) is 6.23 Å². The van der Waals surface area contributed by atoms with Crippen LogP contribution < -0.4 is 15.8 Å². The lowest BCUT2D eigenvalue weighted by molar-refractivity contribution is -0.119. The lowest BCUT2D eigenvalue weighted by Gasteiger charge is -2.35. The highest BCUT2D eigenvalue weighted by molar-refractivity contribution is 8.20. The maximum Gasteiger partial charge on any atom is 0.234 e. The van der Waals surface area contributed by atoms with Crippen molar-refractivity contribution in [3.8, 4) is 0 Å². The number of aliphatic hydroxyl groups is 1. The average Bonchev–Trinajstić information content (AvgIpc) is 2.70. The molecule has 0 saturated carbocycles. The molecule has 1 fully saturated rings. The van der Waals surface area contributed by atoms with Crippen molar-refractivity contribution in [2.75, 3.05) is 13.1 Å². The summed E-state index contributed by atoms with van der Waals surface area (Å²) in [4.78, 5) is 11.1. The fourth-order valence-corrected chi connectivity index (χ4v) is 3.25. The first-order valence-electron chi connectivity index (χ1n) is 6.44. The Balaban J connectivity index is 1.92. The molecule has 1 saturated heterocycles. The maximum absolute atomic E-state index is 11.1. The van der Waals surface area contributed by atoms with E-state index in [1.165, 1.54) is 4.31 Å². The van der Waals surface area contributed by atoms with E-state index in [-0.39, 0.29) is 19.0 Å². The van der Waals surface area contributed by atoms with Crippen LogP contribution in [-0.2, 0) is 17.9 Å². The highest BCUT2D eigenvalue weighted by Crippen LogP contribution is 2.44. The van der Waals surface area contributed by atoms with Crippen LogP contribution in [0.5, 0.6) is 0 Å². The number of carbonyl (C=O) groups excluding carboxylic acids is 1. The zero-order valence-electron chi connectivity index (χ0n) is 11.4. The van der Waals surface area contributed by atoms with Gasteiger partial charge in [0.2, 0.25) is 5.91 Å². The van der Waals surface area contributed by atoms with Crippen LogP contribution in [0.3, 0.4) is 0 Å². The van der Waals surface area contributed by atoms with Crippen molar-refractivity contribution in [3.63, 3.8) is 0 Å². The molecule has 1 amide bonds. The van der Waals surface area contributed by atoms with Gasteiger partial charge >= 0.3 is 0 Å². The second kappa shape index (κ2) is 6.71. The van der Waals surface area contributed by atoms with Gasteiger partial charge in [0.25, 0.3) is 0 Å². The Morgan fingerprint density at radius 2 is 2.00 bits per heavy atom. The van der Waals surface area contributed by atoms with Crippen LogP contribution in [0.2, 0.25) is 0 Å². The summed E-state index contributed by atoms with van der Waals surface area (Å²) in [6.07, 6.45) is -0.944. The predicted octanol–water partition coefficient (Wildman–Crippen LogP) is -0.434. The highest BCUT2D eigenvalue weighted by atomic mass is 32.3. The fraction of sp³-hybridized carbons (Fsp3) is 0.417. The number of nitrogens with two attached hydrogens (primary N) is 1. The minimum Gasteiger partial charge on any atom is -0.376 e. The van der Waals surface area contributed by atoms with Crippen LogP contribution in [0.1, 0.15) is 11.1 Å². The molecule has 0 radical (unpaired) electrons. The zero-order chi connectivity index (χ0) is 15.5. The number of nitrogens with one attached hydrogen (secondary N) is 2. The molecule has 1 heterocycles. The summed E-state index contributed by atoms with van der Waals surface area (Å²) in [6.45, 7) is 0.814. The van der Waals surface area contributed by atoms with Gasteiger partial charge in [-0.05, 0) is 11.1 Å². The molecule has 0 aliphatic carbocycles. The smallest absolute Gasteiger partial charge is 0.234 e. The van der Waals surface area contributed by atoms with E-state index in [0.717, 1.165) is 11.1 Å². The van der Waals surface area contributed by atoms with Gasteiger partial charge in [0, 0.05) is 13.1 Å². The Labute approximate surface area is 124 Å². The summed E-state index contributed by atoms with van der Waals surface area (Å²) in [5.41, 5.74) is 7.00. The number of hydrogen-bond donors (Lipinski definition) is 6. The zero-order valence-corrected chi connectivity index (χ0v) is 12.2. The second-order valence-electron chi connectivity index (χ2n) is 4.77. The summed E-state index contributed by atoms with van der Waals surface area (Å²) >= 11 is 0. The van der Waals surface area contributed by atoms with Gasteiger partial charge in [-0.25, -0.2) is 0 Å². The SMILES string of the molecule is NCC(=O)NCc1ccc(CN2CC(O)NS2(O)O)cc1. The van der Waals surface area contributed by atoms with E-state index in [0.29, 0.717) is 13.1 Å². The van der Waals surface area contributed by atoms with Gasteiger partial charge in [0.05, 0.1) is 13.1 Å². The van der Waals surface area contributed by atoms with Crippen molar-refractivity contribution in [2.45, 2.75) is 19.3 Å². The van der Waals surface area contributed by atoms with Crippen molar-refractivity contribution in [1.82, 2.24) is 14.3 Å². The first-order chi connectivity index (χ1) is 9.90. The molecular weight excluding hydrogens is 296 g/mol. The van der Waals surface area contributed by atoms with Crippen LogP contribution in [0.15, 0.2) is 24.3 Å².